The van der Waals surface area contributed by atoms with Crippen molar-refractivity contribution in [2.75, 3.05) is 13.2 Å². The Morgan fingerprint density at radius 2 is 1.77 bits per heavy atom. The summed E-state index contributed by atoms with van der Waals surface area (Å²) in [6.07, 6.45) is 1.64. The van der Waals surface area contributed by atoms with Crippen molar-refractivity contribution in [1.82, 2.24) is 4.98 Å². The Morgan fingerprint density at radius 1 is 1.18 bits per heavy atom. The van der Waals surface area contributed by atoms with Crippen LogP contribution in [0.5, 0.6) is 0 Å². The first-order chi connectivity index (χ1) is 10.4. The number of benzene rings is 1. The van der Waals surface area contributed by atoms with Gasteiger partial charge in [0.2, 0.25) is 0 Å². The molecule has 0 saturated carbocycles. The fourth-order valence-electron chi connectivity index (χ4n) is 1.88. The summed E-state index contributed by atoms with van der Waals surface area (Å²) in [5.74, 6) is 0. The largest absolute Gasteiger partial charge is 0.404 e. The van der Waals surface area contributed by atoms with Gasteiger partial charge in [-0.2, -0.15) is 8.78 Å². The van der Waals surface area contributed by atoms with E-state index in [1.807, 2.05) is 0 Å². The third-order valence-electron chi connectivity index (χ3n) is 2.85. The van der Waals surface area contributed by atoms with Crippen molar-refractivity contribution in [1.29, 1.82) is 0 Å². The van der Waals surface area contributed by atoms with Gasteiger partial charge in [0.05, 0.1) is 13.2 Å². The zero-order chi connectivity index (χ0) is 16.2. The van der Waals surface area contributed by atoms with Crippen LogP contribution < -0.4 is 0 Å². The molecule has 0 aliphatic carbocycles. The Kier molecular flexibility index (Phi) is 5.45. The van der Waals surface area contributed by atoms with Crippen LogP contribution in [0.2, 0.25) is 0 Å². The number of rotatable bonds is 7. The fourth-order valence-corrected chi connectivity index (χ4v) is 4.07. The summed E-state index contributed by atoms with van der Waals surface area (Å²) in [5, 5.41) is 2.53. The number of nitrogens with zero attached hydrogens (tertiary/aromatic N) is 1. The number of thiazole rings is 1. The Morgan fingerprint density at radius 3 is 2.23 bits per heavy atom. The SMILES string of the molecule is CCOP(=O)(OCC)C(F)(F)c1ccc(-c2nccs2)cc1. The Balaban J connectivity index is 2.34. The van der Waals surface area contributed by atoms with Crippen LogP contribution in [-0.4, -0.2) is 18.2 Å². The van der Waals surface area contributed by atoms with E-state index in [9.17, 15) is 13.3 Å². The van der Waals surface area contributed by atoms with Crippen molar-refractivity contribution in [3.8, 4) is 10.6 Å². The summed E-state index contributed by atoms with van der Waals surface area (Å²) in [5.41, 5.74) is -3.39. The normalized spacial score (nSPS) is 12.5. The second-order valence-electron chi connectivity index (χ2n) is 4.29. The smallest absolute Gasteiger partial charge is 0.304 e. The molecule has 1 aromatic carbocycles. The van der Waals surface area contributed by atoms with Gasteiger partial charge in [-0.25, -0.2) is 4.98 Å². The van der Waals surface area contributed by atoms with Gasteiger partial charge in [0.1, 0.15) is 5.01 Å². The highest BCUT2D eigenvalue weighted by atomic mass is 32.1. The minimum atomic E-state index is -4.57. The fraction of sp³-hybridized carbons (Fsp3) is 0.357. The van der Waals surface area contributed by atoms with Crippen molar-refractivity contribution in [3.05, 3.63) is 41.4 Å². The highest BCUT2D eigenvalue weighted by Gasteiger charge is 2.54. The quantitative estimate of drug-likeness (QED) is 0.652. The van der Waals surface area contributed by atoms with Crippen molar-refractivity contribution in [2.24, 2.45) is 0 Å². The molecule has 0 bridgehead atoms. The summed E-state index contributed by atoms with van der Waals surface area (Å²) < 4.78 is 50.9. The average Bonchev–Trinajstić information content (AvgIpc) is 3.02. The lowest BCUT2D eigenvalue weighted by molar-refractivity contribution is 0.0361. The number of hydrogen-bond donors (Lipinski definition) is 0. The maximum atomic E-state index is 14.5. The number of alkyl halides is 2. The van der Waals surface area contributed by atoms with E-state index >= 15 is 0 Å². The van der Waals surface area contributed by atoms with E-state index in [2.05, 4.69) is 4.98 Å². The van der Waals surface area contributed by atoms with Gasteiger partial charge in [-0.1, -0.05) is 24.3 Å². The molecule has 0 amide bonds. The predicted molar refractivity (Wildman–Crippen MR) is 82.3 cm³/mol. The van der Waals surface area contributed by atoms with E-state index in [0.29, 0.717) is 0 Å². The van der Waals surface area contributed by atoms with Gasteiger partial charge in [-0.3, -0.25) is 4.57 Å². The van der Waals surface area contributed by atoms with Crippen LogP contribution in [0.3, 0.4) is 0 Å². The molecular formula is C14H16F2NO3PS. The molecule has 0 radical (unpaired) electrons. The monoisotopic (exact) mass is 347 g/mol. The molecule has 0 saturated heterocycles. The Labute approximate surface area is 131 Å². The number of aromatic nitrogens is 1. The van der Waals surface area contributed by atoms with Crippen molar-refractivity contribution >= 4 is 18.9 Å². The van der Waals surface area contributed by atoms with Crippen LogP contribution in [0.25, 0.3) is 10.6 Å². The Hall–Kier alpha value is -1.14. The van der Waals surface area contributed by atoms with Gasteiger partial charge in [-0.15, -0.1) is 11.3 Å². The second-order valence-corrected chi connectivity index (χ2v) is 7.26. The molecule has 0 atom stereocenters. The van der Waals surface area contributed by atoms with Crippen LogP contribution in [-0.2, 0) is 19.3 Å². The van der Waals surface area contributed by atoms with Crippen LogP contribution in [0, 0.1) is 0 Å². The molecule has 0 fully saturated rings. The topological polar surface area (TPSA) is 48.4 Å². The lowest BCUT2D eigenvalue weighted by Gasteiger charge is -2.26. The predicted octanol–water partition coefficient (Wildman–Crippen LogP) is 5.13. The van der Waals surface area contributed by atoms with Crippen molar-refractivity contribution in [2.45, 2.75) is 19.5 Å². The zero-order valence-corrected chi connectivity index (χ0v) is 13.9. The van der Waals surface area contributed by atoms with E-state index in [4.69, 9.17) is 9.05 Å². The van der Waals surface area contributed by atoms with Gasteiger partial charge < -0.3 is 9.05 Å². The molecule has 1 heterocycles. The van der Waals surface area contributed by atoms with Crippen LogP contribution in [0.15, 0.2) is 35.8 Å². The van der Waals surface area contributed by atoms with Crippen LogP contribution in [0.1, 0.15) is 19.4 Å². The molecule has 8 heteroatoms. The maximum absolute atomic E-state index is 14.5. The van der Waals surface area contributed by atoms with Gasteiger partial charge in [-0.05, 0) is 13.8 Å². The molecule has 120 valence electrons. The van der Waals surface area contributed by atoms with E-state index < -0.39 is 18.8 Å². The standard InChI is InChI=1S/C14H16F2NO3PS/c1-3-19-21(18,20-4-2)14(15,16)12-7-5-11(6-8-12)13-17-9-10-22-13/h5-10H,3-4H2,1-2H3. The van der Waals surface area contributed by atoms with Gasteiger partial charge in [0, 0.05) is 22.7 Å². The molecule has 0 unspecified atom stereocenters. The number of halogens is 2. The lowest BCUT2D eigenvalue weighted by Crippen LogP contribution is -2.18. The van der Waals surface area contributed by atoms with Gasteiger partial charge in [0.25, 0.3) is 0 Å². The average molecular weight is 347 g/mol. The summed E-state index contributed by atoms with van der Waals surface area (Å²) in [6, 6.07) is 5.48. The van der Waals surface area contributed by atoms with E-state index in [-0.39, 0.29) is 13.2 Å². The molecule has 0 spiro atoms. The minimum absolute atomic E-state index is 0.121. The molecule has 4 nitrogen and oxygen atoms in total. The molecule has 0 aliphatic rings. The lowest BCUT2D eigenvalue weighted by atomic mass is 10.1. The van der Waals surface area contributed by atoms with Crippen LogP contribution in [0.4, 0.5) is 8.78 Å². The summed E-state index contributed by atoms with van der Waals surface area (Å²) >= 11 is 1.41. The first-order valence-corrected chi connectivity index (χ1v) is 9.14. The molecule has 0 aliphatic heterocycles. The molecule has 2 rings (SSSR count). The highest BCUT2D eigenvalue weighted by Crippen LogP contribution is 2.66. The molecule has 0 N–H and O–H groups in total. The summed E-state index contributed by atoms with van der Waals surface area (Å²) in [6.45, 7) is 2.74. The number of hydrogen-bond acceptors (Lipinski definition) is 5. The van der Waals surface area contributed by atoms with E-state index in [1.54, 1.807) is 11.6 Å². The van der Waals surface area contributed by atoms with E-state index in [1.165, 1.54) is 49.4 Å². The zero-order valence-electron chi connectivity index (χ0n) is 12.2. The summed E-state index contributed by atoms with van der Waals surface area (Å²) in [4.78, 5) is 4.11. The van der Waals surface area contributed by atoms with Crippen molar-refractivity contribution < 1.29 is 22.4 Å². The first-order valence-electron chi connectivity index (χ1n) is 6.72. The molecular weight excluding hydrogens is 331 g/mol. The highest BCUT2D eigenvalue weighted by molar-refractivity contribution is 7.54. The minimum Gasteiger partial charge on any atom is -0.304 e. The molecule has 2 aromatic rings. The third kappa shape index (κ3) is 3.27. The maximum Gasteiger partial charge on any atom is 0.404 e. The summed E-state index contributed by atoms with van der Waals surface area (Å²) in [7, 11) is -4.57. The first kappa shape index (κ1) is 17.2. The van der Waals surface area contributed by atoms with Crippen molar-refractivity contribution in [3.63, 3.8) is 0 Å². The molecule has 22 heavy (non-hydrogen) atoms. The Bertz CT molecular complexity index is 637. The van der Waals surface area contributed by atoms with Gasteiger partial charge >= 0.3 is 13.3 Å². The van der Waals surface area contributed by atoms with Crippen LogP contribution >= 0.6 is 18.9 Å². The van der Waals surface area contributed by atoms with E-state index in [0.717, 1.165) is 10.6 Å². The third-order valence-corrected chi connectivity index (χ3v) is 5.82. The molecule has 1 aromatic heterocycles. The van der Waals surface area contributed by atoms with Gasteiger partial charge in [0.15, 0.2) is 0 Å². The second kappa shape index (κ2) is 6.96.